The summed E-state index contributed by atoms with van der Waals surface area (Å²) in [5, 5.41) is 3.43. The van der Waals surface area contributed by atoms with Crippen molar-refractivity contribution in [3.8, 4) is 0 Å². The molecular weight excluding hydrogens is 228 g/mol. The minimum absolute atomic E-state index is 0.0275. The third-order valence-electron chi connectivity index (χ3n) is 4.42. The number of nitrogens with zero attached hydrogens (tertiary/aromatic N) is 1. The molecule has 0 radical (unpaired) electrons. The number of piperidine rings is 2. The van der Waals surface area contributed by atoms with Gasteiger partial charge < -0.3 is 15.0 Å². The van der Waals surface area contributed by atoms with Gasteiger partial charge in [-0.3, -0.25) is 4.79 Å². The Balaban J connectivity index is 1.92. The Morgan fingerprint density at radius 2 is 2.06 bits per heavy atom. The molecule has 2 heterocycles. The molecule has 4 atom stereocenters. The van der Waals surface area contributed by atoms with E-state index in [1.54, 1.807) is 7.11 Å². The summed E-state index contributed by atoms with van der Waals surface area (Å²) in [5.41, 5.74) is 0. The first-order valence-corrected chi connectivity index (χ1v) is 7.19. The average Bonchev–Trinajstić information content (AvgIpc) is 2.38. The quantitative estimate of drug-likeness (QED) is 0.810. The SMILES string of the molecule is COC1CN(C(=O)C2CCCC(C)N2)CCC1C. The Labute approximate surface area is 110 Å². The molecule has 0 spiro atoms. The lowest BCUT2D eigenvalue weighted by molar-refractivity contribution is -0.139. The van der Waals surface area contributed by atoms with Crippen molar-refractivity contribution in [1.29, 1.82) is 0 Å². The van der Waals surface area contributed by atoms with Crippen LogP contribution < -0.4 is 5.32 Å². The molecule has 1 amide bonds. The first kappa shape index (κ1) is 13.8. The van der Waals surface area contributed by atoms with Crippen LogP contribution in [0.5, 0.6) is 0 Å². The van der Waals surface area contributed by atoms with Gasteiger partial charge in [0.2, 0.25) is 5.91 Å². The first-order valence-electron chi connectivity index (χ1n) is 7.19. The van der Waals surface area contributed by atoms with Gasteiger partial charge >= 0.3 is 0 Å². The summed E-state index contributed by atoms with van der Waals surface area (Å²) in [5.74, 6) is 0.827. The number of ether oxygens (including phenoxy) is 1. The van der Waals surface area contributed by atoms with Crippen molar-refractivity contribution in [2.75, 3.05) is 20.2 Å². The van der Waals surface area contributed by atoms with Gasteiger partial charge in [0.15, 0.2) is 0 Å². The van der Waals surface area contributed by atoms with E-state index < -0.39 is 0 Å². The van der Waals surface area contributed by atoms with Crippen molar-refractivity contribution in [2.24, 2.45) is 5.92 Å². The molecule has 18 heavy (non-hydrogen) atoms. The Bertz CT molecular complexity index is 296. The molecule has 104 valence electrons. The van der Waals surface area contributed by atoms with E-state index in [2.05, 4.69) is 19.2 Å². The van der Waals surface area contributed by atoms with Gasteiger partial charge in [0.1, 0.15) is 0 Å². The van der Waals surface area contributed by atoms with Crippen molar-refractivity contribution in [3.05, 3.63) is 0 Å². The molecule has 2 fully saturated rings. The van der Waals surface area contributed by atoms with Crippen molar-refractivity contribution in [2.45, 2.75) is 57.7 Å². The summed E-state index contributed by atoms with van der Waals surface area (Å²) in [4.78, 5) is 14.5. The third-order valence-corrected chi connectivity index (χ3v) is 4.42. The van der Waals surface area contributed by atoms with E-state index in [4.69, 9.17) is 4.74 Å². The van der Waals surface area contributed by atoms with Crippen molar-refractivity contribution in [3.63, 3.8) is 0 Å². The maximum absolute atomic E-state index is 12.5. The van der Waals surface area contributed by atoms with Gasteiger partial charge in [-0.05, 0) is 38.5 Å². The summed E-state index contributed by atoms with van der Waals surface area (Å²) in [6, 6.07) is 0.495. The highest BCUT2D eigenvalue weighted by molar-refractivity contribution is 5.82. The molecule has 2 saturated heterocycles. The zero-order valence-electron chi connectivity index (χ0n) is 11.8. The summed E-state index contributed by atoms with van der Waals surface area (Å²) in [6.07, 6.45) is 4.56. The smallest absolute Gasteiger partial charge is 0.239 e. The van der Waals surface area contributed by atoms with E-state index in [0.717, 1.165) is 32.4 Å². The molecule has 0 aromatic carbocycles. The maximum Gasteiger partial charge on any atom is 0.239 e. The van der Waals surface area contributed by atoms with E-state index in [1.807, 2.05) is 4.90 Å². The fraction of sp³-hybridized carbons (Fsp3) is 0.929. The van der Waals surface area contributed by atoms with Crippen LogP contribution in [0.15, 0.2) is 0 Å². The first-order chi connectivity index (χ1) is 8.61. The molecule has 0 bridgehead atoms. The van der Waals surface area contributed by atoms with Crippen LogP contribution >= 0.6 is 0 Å². The topological polar surface area (TPSA) is 41.6 Å². The number of hydrogen-bond donors (Lipinski definition) is 1. The van der Waals surface area contributed by atoms with Crippen LogP contribution in [-0.4, -0.2) is 49.2 Å². The van der Waals surface area contributed by atoms with Gasteiger partial charge in [-0.25, -0.2) is 0 Å². The van der Waals surface area contributed by atoms with Crippen LogP contribution in [-0.2, 0) is 9.53 Å². The molecular formula is C14H26N2O2. The van der Waals surface area contributed by atoms with Gasteiger partial charge in [-0.2, -0.15) is 0 Å². The number of carbonyl (C=O) groups is 1. The van der Waals surface area contributed by atoms with E-state index >= 15 is 0 Å². The number of likely N-dealkylation sites (tertiary alicyclic amines) is 1. The predicted molar refractivity (Wildman–Crippen MR) is 71.4 cm³/mol. The predicted octanol–water partition coefficient (Wildman–Crippen LogP) is 1.40. The summed E-state index contributed by atoms with van der Waals surface area (Å²) < 4.78 is 5.48. The molecule has 1 N–H and O–H groups in total. The van der Waals surface area contributed by atoms with Crippen molar-refractivity contribution >= 4 is 5.91 Å². The molecule has 4 nitrogen and oxygen atoms in total. The van der Waals surface area contributed by atoms with Crippen LogP contribution in [0.3, 0.4) is 0 Å². The number of methoxy groups -OCH3 is 1. The van der Waals surface area contributed by atoms with Crippen LogP contribution in [0.25, 0.3) is 0 Å². The summed E-state index contributed by atoms with van der Waals surface area (Å²) in [6.45, 7) is 6.00. The Morgan fingerprint density at radius 3 is 2.72 bits per heavy atom. The highest BCUT2D eigenvalue weighted by Gasteiger charge is 2.33. The van der Waals surface area contributed by atoms with Crippen LogP contribution in [0.2, 0.25) is 0 Å². The lowest BCUT2D eigenvalue weighted by Gasteiger charge is -2.39. The van der Waals surface area contributed by atoms with Gasteiger partial charge in [-0.1, -0.05) is 6.92 Å². The molecule has 4 heteroatoms. The van der Waals surface area contributed by atoms with Crippen molar-refractivity contribution in [1.82, 2.24) is 10.2 Å². The highest BCUT2D eigenvalue weighted by Crippen LogP contribution is 2.22. The van der Waals surface area contributed by atoms with Crippen molar-refractivity contribution < 1.29 is 9.53 Å². The summed E-state index contributed by atoms with van der Waals surface area (Å²) >= 11 is 0. The highest BCUT2D eigenvalue weighted by atomic mass is 16.5. The molecule has 2 aliphatic heterocycles. The fourth-order valence-electron chi connectivity index (χ4n) is 3.09. The Kier molecular flexibility index (Phi) is 4.62. The molecule has 0 aromatic rings. The number of rotatable bonds is 2. The molecule has 0 aromatic heterocycles. The van der Waals surface area contributed by atoms with E-state index in [-0.39, 0.29) is 18.1 Å². The Hall–Kier alpha value is -0.610. The monoisotopic (exact) mass is 254 g/mol. The normalized spacial score (nSPS) is 37.6. The summed E-state index contributed by atoms with van der Waals surface area (Å²) in [7, 11) is 1.75. The number of carbonyl (C=O) groups excluding carboxylic acids is 1. The molecule has 2 rings (SSSR count). The minimum Gasteiger partial charge on any atom is -0.379 e. The van der Waals surface area contributed by atoms with Crippen LogP contribution in [0.4, 0.5) is 0 Å². The molecule has 0 saturated carbocycles. The van der Waals surface area contributed by atoms with Gasteiger partial charge in [0.05, 0.1) is 12.1 Å². The Morgan fingerprint density at radius 1 is 1.28 bits per heavy atom. The second-order valence-corrected chi connectivity index (χ2v) is 5.88. The largest absolute Gasteiger partial charge is 0.379 e. The number of nitrogens with one attached hydrogen (secondary N) is 1. The van der Waals surface area contributed by atoms with E-state index in [0.29, 0.717) is 12.0 Å². The standard InChI is InChI=1S/C14H26N2O2/c1-10-7-8-16(9-13(10)18-3)14(17)12-6-4-5-11(2)15-12/h10-13,15H,4-9H2,1-3H3. The van der Waals surface area contributed by atoms with Crippen LogP contribution in [0.1, 0.15) is 39.5 Å². The maximum atomic E-state index is 12.5. The number of hydrogen-bond acceptors (Lipinski definition) is 3. The van der Waals surface area contributed by atoms with Gasteiger partial charge in [-0.15, -0.1) is 0 Å². The van der Waals surface area contributed by atoms with Crippen LogP contribution in [0, 0.1) is 5.92 Å². The van der Waals surface area contributed by atoms with E-state index in [1.165, 1.54) is 6.42 Å². The second-order valence-electron chi connectivity index (χ2n) is 5.88. The average molecular weight is 254 g/mol. The zero-order valence-corrected chi connectivity index (χ0v) is 11.8. The zero-order chi connectivity index (χ0) is 13.1. The fourth-order valence-corrected chi connectivity index (χ4v) is 3.09. The lowest BCUT2D eigenvalue weighted by Crippen LogP contribution is -2.55. The lowest BCUT2D eigenvalue weighted by atomic mass is 9.93. The second kappa shape index (κ2) is 6.02. The molecule has 0 aliphatic carbocycles. The number of amides is 1. The molecule has 2 aliphatic rings. The van der Waals surface area contributed by atoms with Gasteiger partial charge in [0, 0.05) is 26.2 Å². The van der Waals surface area contributed by atoms with E-state index in [9.17, 15) is 4.79 Å². The van der Waals surface area contributed by atoms with Gasteiger partial charge in [0.25, 0.3) is 0 Å². The molecule has 4 unspecified atom stereocenters. The minimum atomic E-state index is 0.0275. The third kappa shape index (κ3) is 3.04.